The Kier molecular flexibility index (Phi) is 7.84. The number of amides is 1. The van der Waals surface area contributed by atoms with E-state index < -0.39 is 52.2 Å². The number of hydrogen-bond donors (Lipinski definition) is 2. The number of carbonyl (C=O) groups excluding carboxylic acids is 2. The maximum absolute atomic E-state index is 13.8. The monoisotopic (exact) mass is 478 g/mol. The summed E-state index contributed by atoms with van der Waals surface area (Å²) in [5.74, 6) is -2.95. The summed E-state index contributed by atoms with van der Waals surface area (Å²) < 4.78 is 42.1. The molecule has 0 aliphatic heterocycles. The van der Waals surface area contributed by atoms with Crippen LogP contribution in [-0.2, 0) is 13.1 Å². The van der Waals surface area contributed by atoms with Crippen molar-refractivity contribution in [1.82, 2.24) is 9.88 Å². The number of nitrogens with one attached hydrogen (secondary N) is 1. The number of carbonyl (C=O) groups is 2. The third-order valence-corrected chi connectivity index (χ3v) is 6.72. The van der Waals surface area contributed by atoms with Crippen LogP contribution in [0.1, 0.15) is 66.4 Å². The summed E-state index contributed by atoms with van der Waals surface area (Å²) in [6, 6.07) is 0.961. The molecule has 9 heteroatoms. The van der Waals surface area contributed by atoms with Crippen molar-refractivity contribution in [3.05, 3.63) is 62.8 Å². The second-order valence-electron chi connectivity index (χ2n) is 9.43. The number of aromatic nitrogens is 1. The summed E-state index contributed by atoms with van der Waals surface area (Å²) in [7, 11) is 0. The highest BCUT2D eigenvalue weighted by Gasteiger charge is 2.37. The minimum absolute atomic E-state index is 0.242. The zero-order valence-corrected chi connectivity index (χ0v) is 19.4. The Labute approximate surface area is 195 Å². The molecule has 0 bridgehead atoms. The van der Waals surface area contributed by atoms with E-state index in [2.05, 4.69) is 26.1 Å². The maximum Gasteiger partial charge on any atom is 0.257 e. The second-order valence-corrected chi connectivity index (χ2v) is 9.43. The van der Waals surface area contributed by atoms with Gasteiger partial charge < -0.3 is 15.0 Å². The standard InChI is InChI=1S/C25H29F3N2O4/c1-13(6-14(2)17-7-15(17)3)4-5-30-11-19(23(32)24(33)22(30)12-31)25(34)29-10-18-20(27)8-16(26)9-21(18)28/h8-9,11-15,17,33H,4-7,10H2,1-3H3,(H,29,34)/t13?,14-,15-,17-/m0/s1. The van der Waals surface area contributed by atoms with Crippen LogP contribution in [0.3, 0.4) is 0 Å². The van der Waals surface area contributed by atoms with E-state index in [1.165, 1.54) is 11.0 Å². The largest absolute Gasteiger partial charge is 0.503 e. The van der Waals surface area contributed by atoms with E-state index in [9.17, 15) is 32.7 Å². The van der Waals surface area contributed by atoms with E-state index >= 15 is 0 Å². The van der Waals surface area contributed by atoms with E-state index in [0.29, 0.717) is 36.7 Å². The van der Waals surface area contributed by atoms with Crippen molar-refractivity contribution in [1.29, 1.82) is 0 Å². The minimum Gasteiger partial charge on any atom is -0.503 e. The Morgan fingerprint density at radius 1 is 1.26 bits per heavy atom. The molecule has 1 aliphatic rings. The van der Waals surface area contributed by atoms with Crippen LogP contribution in [0, 0.1) is 41.1 Å². The Morgan fingerprint density at radius 3 is 2.44 bits per heavy atom. The van der Waals surface area contributed by atoms with E-state index in [4.69, 9.17) is 0 Å². The van der Waals surface area contributed by atoms with Gasteiger partial charge in [0.1, 0.15) is 28.7 Å². The predicted octanol–water partition coefficient (Wildman–Crippen LogP) is 4.42. The van der Waals surface area contributed by atoms with Crippen LogP contribution in [0.4, 0.5) is 13.2 Å². The Hall–Kier alpha value is -3.10. The number of aryl methyl sites for hydroxylation is 1. The number of benzene rings is 1. The molecule has 1 fully saturated rings. The molecule has 0 saturated heterocycles. The van der Waals surface area contributed by atoms with Gasteiger partial charge >= 0.3 is 0 Å². The van der Waals surface area contributed by atoms with E-state index in [-0.39, 0.29) is 12.2 Å². The lowest BCUT2D eigenvalue weighted by Gasteiger charge is -2.19. The molecule has 1 aliphatic carbocycles. The topological polar surface area (TPSA) is 88.4 Å². The van der Waals surface area contributed by atoms with Crippen molar-refractivity contribution in [2.24, 2.45) is 23.7 Å². The van der Waals surface area contributed by atoms with Gasteiger partial charge in [-0.15, -0.1) is 0 Å². The zero-order chi connectivity index (χ0) is 25.2. The molecule has 4 atom stereocenters. The first-order valence-corrected chi connectivity index (χ1v) is 11.4. The van der Waals surface area contributed by atoms with Crippen LogP contribution >= 0.6 is 0 Å². The highest BCUT2D eigenvalue weighted by Crippen LogP contribution is 2.45. The van der Waals surface area contributed by atoms with Gasteiger partial charge in [0.25, 0.3) is 5.91 Å². The van der Waals surface area contributed by atoms with Crippen molar-refractivity contribution < 1.29 is 27.9 Å². The van der Waals surface area contributed by atoms with Gasteiger partial charge in [-0.1, -0.05) is 20.8 Å². The van der Waals surface area contributed by atoms with Crippen LogP contribution in [0.5, 0.6) is 5.75 Å². The fourth-order valence-corrected chi connectivity index (χ4v) is 4.57. The summed E-state index contributed by atoms with van der Waals surface area (Å²) in [6.45, 7) is 6.20. The molecule has 0 spiro atoms. The summed E-state index contributed by atoms with van der Waals surface area (Å²) in [5.41, 5.74) is -2.36. The molecule has 1 aromatic heterocycles. The van der Waals surface area contributed by atoms with Crippen molar-refractivity contribution in [2.75, 3.05) is 0 Å². The normalized spacial score (nSPS) is 18.9. The fraction of sp³-hybridized carbons (Fsp3) is 0.480. The van der Waals surface area contributed by atoms with Gasteiger partial charge in [0, 0.05) is 37.0 Å². The summed E-state index contributed by atoms with van der Waals surface area (Å²) in [5, 5.41) is 12.4. The van der Waals surface area contributed by atoms with Crippen LogP contribution < -0.4 is 10.7 Å². The second kappa shape index (κ2) is 10.4. The highest BCUT2D eigenvalue weighted by atomic mass is 19.1. The third kappa shape index (κ3) is 5.69. The number of rotatable bonds is 10. The Bertz CT molecular complexity index is 1120. The van der Waals surface area contributed by atoms with E-state index in [1.807, 2.05) is 0 Å². The molecule has 1 saturated carbocycles. The Morgan fingerprint density at radius 2 is 1.88 bits per heavy atom. The van der Waals surface area contributed by atoms with Gasteiger partial charge in [-0.2, -0.15) is 0 Å². The zero-order valence-electron chi connectivity index (χ0n) is 19.4. The van der Waals surface area contributed by atoms with Gasteiger partial charge in [-0.25, -0.2) is 13.2 Å². The Balaban J connectivity index is 1.74. The molecule has 184 valence electrons. The number of pyridine rings is 1. The predicted molar refractivity (Wildman–Crippen MR) is 120 cm³/mol. The summed E-state index contributed by atoms with van der Waals surface area (Å²) in [4.78, 5) is 36.5. The molecule has 1 unspecified atom stereocenters. The lowest BCUT2D eigenvalue weighted by Crippen LogP contribution is -2.31. The third-order valence-electron chi connectivity index (χ3n) is 6.72. The molecule has 1 aromatic carbocycles. The molecular weight excluding hydrogens is 449 g/mol. The number of nitrogens with zero attached hydrogens (tertiary/aromatic N) is 1. The fourth-order valence-electron chi connectivity index (χ4n) is 4.57. The van der Waals surface area contributed by atoms with Gasteiger partial charge in [-0.3, -0.25) is 14.4 Å². The number of aldehydes is 1. The summed E-state index contributed by atoms with van der Waals surface area (Å²) >= 11 is 0. The van der Waals surface area contributed by atoms with Crippen LogP contribution in [0.25, 0.3) is 0 Å². The lowest BCUT2D eigenvalue weighted by atomic mass is 9.90. The van der Waals surface area contributed by atoms with Gasteiger partial charge in [-0.05, 0) is 42.9 Å². The van der Waals surface area contributed by atoms with Gasteiger partial charge in [0.2, 0.25) is 5.43 Å². The van der Waals surface area contributed by atoms with Crippen LogP contribution in [0.15, 0.2) is 23.1 Å². The molecule has 2 aromatic rings. The molecular formula is C25H29F3N2O4. The number of aromatic hydroxyl groups is 1. The van der Waals surface area contributed by atoms with Crippen molar-refractivity contribution in [3.8, 4) is 5.75 Å². The average molecular weight is 479 g/mol. The molecule has 1 amide bonds. The number of hydrogen-bond acceptors (Lipinski definition) is 4. The van der Waals surface area contributed by atoms with Crippen molar-refractivity contribution in [3.63, 3.8) is 0 Å². The minimum atomic E-state index is -1.18. The molecule has 34 heavy (non-hydrogen) atoms. The molecule has 0 radical (unpaired) electrons. The van der Waals surface area contributed by atoms with Crippen LogP contribution in [0.2, 0.25) is 0 Å². The molecule has 6 nitrogen and oxygen atoms in total. The van der Waals surface area contributed by atoms with Gasteiger partial charge in [0.15, 0.2) is 12.0 Å². The smallest absolute Gasteiger partial charge is 0.257 e. The van der Waals surface area contributed by atoms with Crippen LogP contribution in [-0.4, -0.2) is 21.9 Å². The first-order valence-electron chi connectivity index (χ1n) is 11.4. The first kappa shape index (κ1) is 25.5. The quantitative estimate of drug-likeness (QED) is 0.495. The first-order chi connectivity index (χ1) is 16.0. The molecule has 1 heterocycles. The van der Waals surface area contributed by atoms with Crippen molar-refractivity contribution >= 4 is 12.2 Å². The highest BCUT2D eigenvalue weighted by molar-refractivity contribution is 5.95. The SMILES string of the molecule is CC(CCn1cc(C(=O)NCc2c(F)cc(F)cc2F)c(=O)c(O)c1C=O)C[C@H](C)[C@@H]1C[C@@H]1C. The van der Waals surface area contributed by atoms with E-state index in [1.54, 1.807) is 0 Å². The molecule has 3 rings (SSSR count). The van der Waals surface area contributed by atoms with E-state index in [0.717, 1.165) is 24.5 Å². The molecule has 2 N–H and O–H groups in total. The number of halogens is 3. The lowest BCUT2D eigenvalue weighted by molar-refractivity contribution is 0.0946. The van der Waals surface area contributed by atoms with Gasteiger partial charge in [0.05, 0.1) is 0 Å². The van der Waals surface area contributed by atoms with Crippen molar-refractivity contribution in [2.45, 2.75) is 53.1 Å². The maximum atomic E-state index is 13.8. The average Bonchev–Trinajstić information content (AvgIpc) is 3.50. The summed E-state index contributed by atoms with van der Waals surface area (Å²) in [6.07, 6.45) is 4.40.